The molecule has 106 valence electrons. The van der Waals surface area contributed by atoms with Gasteiger partial charge in [0.15, 0.2) is 0 Å². The largest absolute Gasteiger partial charge is 0.313 e. The number of benzene rings is 1. The van der Waals surface area contributed by atoms with Gasteiger partial charge in [0, 0.05) is 18.4 Å². The van der Waals surface area contributed by atoms with Crippen LogP contribution >= 0.6 is 0 Å². The Bertz CT molecular complexity index is 513. The van der Waals surface area contributed by atoms with Gasteiger partial charge in [-0.1, -0.05) is 25.1 Å². The Labute approximate surface area is 120 Å². The van der Waals surface area contributed by atoms with E-state index in [1.54, 1.807) is 18.3 Å². The smallest absolute Gasteiger partial charge is 0.123 e. The third-order valence-corrected chi connectivity index (χ3v) is 3.26. The highest BCUT2D eigenvalue weighted by Gasteiger charge is 2.10. The second-order valence-electron chi connectivity index (χ2n) is 5.05. The first-order valence-corrected chi connectivity index (χ1v) is 7.14. The molecule has 2 aromatic rings. The van der Waals surface area contributed by atoms with Crippen molar-refractivity contribution in [2.75, 3.05) is 6.54 Å². The van der Waals surface area contributed by atoms with Gasteiger partial charge in [0.1, 0.15) is 5.82 Å². The van der Waals surface area contributed by atoms with Crippen molar-refractivity contribution in [2.45, 2.75) is 32.2 Å². The maximum absolute atomic E-state index is 13.3. The van der Waals surface area contributed by atoms with Crippen LogP contribution in [0.25, 0.3) is 0 Å². The quantitative estimate of drug-likeness (QED) is 0.836. The highest BCUT2D eigenvalue weighted by atomic mass is 19.1. The Hall–Kier alpha value is -1.74. The number of rotatable bonds is 7. The average molecular weight is 272 g/mol. The van der Waals surface area contributed by atoms with E-state index in [1.165, 1.54) is 11.6 Å². The molecule has 1 heterocycles. The van der Waals surface area contributed by atoms with Crippen LogP contribution in [0.3, 0.4) is 0 Å². The van der Waals surface area contributed by atoms with Crippen LogP contribution in [-0.2, 0) is 12.8 Å². The molecule has 0 fully saturated rings. The molecule has 0 amide bonds. The molecule has 1 aromatic heterocycles. The summed E-state index contributed by atoms with van der Waals surface area (Å²) in [6.07, 6.45) is 6.50. The molecule has 0 aliphatic carbocycles. The molecular formula is C17H21FN2. The summed E-state index contributed by atoms with van der Waals surface area (Å²) in [5, 5.41) is 3.54. The Morgan fingerprint density at radius 2 is 1.95 bits per heavy atom. The number of hydrogen-bond acceptors (Lipinski definition) is 2. The van der Waals surface area contributed by atoms with E-state index >= 15 is 0 Å². The second-order valence-corrected chi connectivity index (χ2v) is 5.05. The van der Waals surface area contributed by atoms with E-state index in [4.69, 9.17) is 0 Å². The van der Waals surface area contributed by atoms with E-state index in [1.807, 2.05) is 18.3 Å². The zero-order valence-corrected chi connectivity index (χ0v) is 11.8. The fourth-order valence-electron chi connectivity index (χ4n) is 2.32. The average Bonchev–Trinajstić information content (AvgIpc) is 2.46. The minimum atomic E-state index is -0.168. The van der Waals surface area contributed by atoms with Gasteiger partial charge in [0.2, 0.25) is 0 Å². The van der Waals surface area contributed by atoms with Crippen molar-refractivity contribution in [1.82, 2.24) is 10.3 Å². The van der Waals surface area contributed by atoms with Crippen molar-refractivity contribution in [3.8, 4) is 0 Å². The lowest BCUT2D eigenvalue weighted by atomic mass is 9.99. The molecule has 0 radical (unpaired) electrons. The van der Waals surface area contributed by atoms with Crippen LogP contribution in [-0.4, -0.2) is 17.6 Å². The van der Waals surface area contributed by atoms with Crippen molar-refractivity contribution in [1.29, 1.82) is 0 Å². The van der Waals surface area contributed by atoms with Crippen molar-refractivity contribution in [3.63, 3.8) is 0 Å². The standard InChI is InChI=1S/C17H21FN2/c1-2-8-20-17(12-15-6-4-9-19-13-15)11-14-5-3-7-16(18)10-14/h3-7,9-10,13,17,20H,2,8,11-12H2,1H3. The summed E-state index contributed by atoms with van der Waals surface area (Å²) in [4.78, 5) is 4.15. The Morgan fingerprint density at radius 1 is 1.15 bits per heavy atom. The maximum Gasteiger partial charge on any atom is 0.123 e. The van der Waals surface area contributed by atoms with Gasteiger partial charge in [-0.05, 0) is 55.1 Å². The van der Waals surface area contributed by atoms with Crippen LogP contribution in [0, 0.1) is 5.82 Å². The zero-order valence-electron chi connectivity index (χ0n) is 11.8. The first-order chi connectivity index (χ1) is 9.78. The lowest BCUT2D eigenvalue weighted by molar-refractivity contribution is 0.503. The fourth-order valence-corrected chi connectivity index (χ4v) is 2.32. The van der Waals surface area contributed by atoms with Crippen LogP contribution in [0.4, 0.5) is 4.39 Å². The molecule has 0 aliphatic rings. The molecular weight excluding hydrogens is 251 g/mol. The molecule has 1 atom stereocenters. The predicted octanol–water partition coefficient (Wildman–Crippen LogP) is 3.37. The Kier molecular flexibility index (Phi) is 5.69. The number of halogens is 1. The summed E-state index contributed by atoms with van der Waals surface area (Å²) in [6.45, 7) is 3.12. The topological polar surface area (TPSA) is 24.9 Å². The highest BCUT2D eigenvalue weighted by Crippen LogP contribution is 2.10. The minimum absolute atomic E-state index is 0.168. The molecule has 0 spiro atoms. The number of pyridine rings is 1. The normalized spacial score (nSPS) is 12.3. The van der Waals surface area contributed by atoms with E-state index < -0.39 is 0 Å². The first kappa shape index (κ1) is 14.7. The molecule has 0 saturated heterocycles. The van der Waals surface area contributed by atoms with Gasteiger partial charge in [0.05, 0.1) is 0 Å². The number of nitrogens with zero attached hydrogens (tertiary/aromatic N) is 1. The summed E-state index contributed by atoms with van der Waals surface area (Å²) >= 11 is 0. The molecule has 1 aromatic carbocycles. The van der Waals surface area contributed by atoms with Gasteiger partial charge < -0.3 is 5.32 Å². The fraction of sp³-hybridized carbons (Fsp3) is 0.353. The SMILES string of the molecule is CCCNC(Cc1cccnc1)Cc1cccc(F)c1. The van der Waals surface area contributed by atoms with Crippen molar-refractivity contribution < 1.29 is 4.39 Å². The van der Waals surface area contributed by atoms with Gasteiger partial charge in [0.25, 0.3) is 0 Å². The summed E-state index contributed by atoms with van der Waals surface area (Å²) in [7, 11) is 0. The highest BCUT2D eigenvalue weighted by molar-refractivity contribution is 5.19. The van der Waals surface area contributed by atoms with Crippen LogP contribution in [0.15, 0.2) is 48.8 Å². The monoisotopic (exact) mass is 272 g/mol. The molecule has 2 rings (SSSR count). The number of hydrogen-bond donors (Lipinski definition) is 1. The van der Waals surface area contributed by atoms with Crippen molar-refractivity contribution >= 4 is 0 Å². The van der Waals surface area contributed by atoms with Crippen molar-refractivity contribution in [2.24, 2.45) is 0 Å². The number of nitrogens with one attached hydrogen (secondary N) is 1. The van der Waals surface area contributed by atoms with E-state index in [0.717, 1.165) is 31.4 Å². The molecule has 20 heavy (non-hydrogen) atoms. The van der Waals surface area contributed by atoms with Crippen molar-refractivity contribution in [3.05, 3.63) is 65.7 Å². The molecule has 0 bridgehead atoms. The summed E-state index contributed by atoms with van der Waals surface area (Å²) in [6, 6.07) is 11.2. The summed E-state index contributed by atoms with van der Waals surface area (Å²) < 4.78 is 13.3. The predicted molar refractivity (Wildman–Crippen MR) is 80.1 cm³/mol. The maximum atomic E-state index is 13.3. The first-order valence-electron chi connectivity index (χ1n) is 7.14. The van der Waals surface area contributed by atoms with Crippen LogP contribution < -0.4 is 5.32 Å². The van der Waals surface area contributed by atoms with Crippen LogP contribution in [0.2, 0.25) is 0 Å². The van der Waals surface area contributed by atoms with Gasteiger partial charge >= 0.3 is 0 Å². The van der Waals surface area contributed by atoms with Gasteiger partial charge in [-0.2, -0.15) is 0 Å². The lowest BCUT2D eigenvalue weighted by Gasteiger charge is -2.18. The van der Waals surface area contributed by atoms with Gasteiger partial charge in [-0.3, -0.25) is 4.98 Å². The van der Waals surface area contributed by atoms with E-state index in [2.05, 4.69) is 23.3 Å². The summed E-state index contributed by atoms with van der Waals surface area (Å²) in [5.41, 5.74) is 2.24. The second kappa shape index (κ2) is 7.75. The minimum Gasteiger partial charge on any atom is -0.313 e. The molecule has 0 saturated carbocycles. The summed E-state index contributed by atoms with van der Waals surface area (Å²) in [5.74, 6) is -0.168. The third-order valence-electron chi connectivity index (χ3n) is 3.26. The van der Waals surface area contributed by atoms with E-state index in [0.29, 0.717) is 6.04 Å². The zero-order chi connectivity index (χ0) is 14.2. The van der Waals surface area contributed by atoms with Crippen LogP contribution in [0.5, 0.6) is 0 Å². The van der Waals surface area contributed by atoms with Crippen LogP contribution in [0.1, 0.15) is 24.5 Å². The molecule has 3 heteroatoms. The Balaban J connectivity index is 2.03. The molecule has 0 aliphatic heterocycles. The Morgan fingerprint density at radius 3 is 2.65 bits per heavy atom. The molecule has 1 unspecified atom stereocenters. The molecule has 1 N–H and O–H groups in total. The van der Waals surface area contributed by atoms with E-state index in [9.17, 15) is 4.39 Å². The van der Waals surface area contributed by atoms with E-state index in [-0.39, 0.29) is 5.82 Å². The third kappa shape index (κ3) is 4.74. The molecule has 2 nitrogen and oxygen atoms in total. The van der Waals surface area contributed by atoms with Gasteiger partial charge in [-0.15, -0.1) is 0 Å². The number of aromatic nitrogens is 1. The van der Waals surface area contributed by atoms with Gasteiger partial charge in [-0.25, -0.2) is 4.39 Å². The lowest BCUT2D eigenvalue weighted by Crippen LogP contribution is -2.33.